The number of carbonyl (C=O) groups is 1. The van der Waals surface area contributed by atoms with Crippen molar-refractivity contribution in [1.29, 1.82) is 0 Å². The number of carbonyl (C=O) groups excluding carboxylic acids is 1. The van der Waals surface area contributed by atoms with Gasteiger partial charge in [0.2, 0.25) is 0 Å². The summed E-state index contributed by atoms with van der Waals surface area (Å²) in [5.41, 5.74) is 1.56. The Morgan fingerprint density at radius 1 is 1.24 bits per heavy atom. The van der Waals surface area contributed by atoms with Crippen molar-refractivity contribution in [3.05, 3.63) is 59.4 Å². The summed E-state index contributed by atoms with van der Waals surface area (Å²) < 4.78 is 18.8. The molecule has 2 aromatic rings. The lowest BCUT2D eigenvalue weighted by Crippen LogP contribution is -2.15. The molecule has 2 rings (SSSR count). The van der Waals surface area contributed by atoms with E-state index in [0.717, 1.165) is 12.0 Å². The first-order valence-corrected chi connectivity index (χ1v) is 6.98. The lowest BCUT2D eigenvalue weighted by atomic mass is 10.1. The van der Waals surface area contributed by atoms with Crippen LogP contribution in [0.4, 0.5) is 10.1 Å². The average molecular weight is 308 g/mol. The van der Waals surface area contributed by atoms with Crippen LogP contribution >= 0.6 is 11.6 Å². The fraction of sp³-hybridized carbons (Fsp3) is 0.188. The lowest BCUT2D eigenvalue weighted by molar-refractivity contribution is 0.102. The molecule has 3 nitrogen and oxygen atoms in total. The number of halogens is 2. The Morgan fingerprint density at radius 2 is 1.95 bits per heavy atom. The highest BCUT2D eigenvalue weighted by Gasteiger charge is 2.17. The minimum atomic E-state index is -0.620. The van der Waals surface area contributed by atoms with Crippen LogP contribution in [0.25, 0.3) is 0 Å². The maximum absolute atomic E-state index is 13.8. The van der Waals surface area contributed by atoms with Crippen molar-refractivity contribution in [2.24, 2.45) is 0 Å². The molecule has 0 saturated heterocycles. The molecule has 2 aromatic carbocycles. The van der Waals surface area contributed by atoms with E-state index >= 15 is 0 Å². The molecule has 0 unspecified atom stereocenters. The Labute approximate surface area is 127 Å². The number of rotatable bonds is 5. The predicted octanol–water partition coefficient (Wildman–Crippen LogP) is 3.87. The Bertz CT molecular complexity index is 629. The summed E-state index contributed by atoms with van der Waals surface area (Å²) in [6.45, 7) is 0. The highest BCUT2D eigenvalue weighted by Crippen LogP contribution is 2.22. The molecule has 0 aliphatic carbocycles. The van der Waals surface area contributed by atoms with Gasteiger partial charge in [-0.3, -0.25) is 4.79 Å². The first-order valence-electron chi connectivity index (χ1n) is 6.44. The molecule has 0 atom stereocenters. The summed E-state index contributed by atoms with van der Waals surface area (Å²) in [7, 11) is 1.40. The molecule has 0 aliphatic heterocycles. The van der Waals surface area contributed by atoms with E-state index in [-0.39, 0.29) is 11.3 Å². The van der Waals surface area contributed by atoms with Crippen LogP contribution in [0.5, 0.6) is 5.75 Å². The normalized spacial score (nSPS) is 10.2. The van der Waals surface area contributed by atoms with Crippen molar-refractivity contribution >= 4 is 23.2 Å². The predicted molar refractivity (Wildman–Crippen MR) is 81.8 cm³/mol. The average Bonchev–Trinajstić information content (AvgIpc) is 2.49. The molecule has 0 spiro atoms. The van der Waals surface area contributed by atoms with Gasteiger partial charge in [-0.05, 0) is 36.2 Å². The van der Waals surface area contributed by atoms with Gasteiger partial charge in [0.05, 0.1) is 7.11 Å². The molecular formula is C16H15ClFNO2. The molecule has 110 valence electrons. The van der Waals surface area contributed by atoms with E-state index in [0.29, 0.717) is 11.6 Å². The van der Waals surface area contributed by atoms with Gasteiger partial charge in [0.25, 0.3) is 5.91 Å². The maximum atomic E-state index is 13.8. The van der Waals surface area contributed by atoms with Crippen LogP contribution in [0.1, 0.15) is 15.9 Å². The van der Waals surface area contributed by atoms with Crippen molar-refractivity contribution in [3.8, 4) is 5.75 Å². The third-order valence-electron chi connectivity index (χ3n) is 3.02. The third-order valence-corrected chi connectivity index (χ3v) is 3.21. The molecule has 5 heteroatoms. The molecule has 0 heterocycles. The number of alkyl halides is 1. The van der Waals surface area contributed by atoms with Crippen molar-refractivity contribution in [1.82, 2.24) is 0 Å². The number of aryl methyl sites for hydroxylation is 1. The number of amides is 1. The minimum absolute atomic E-state index is 0.107. The van der Waals surface area contributed by atoms with Crippen LogP contribution in [0.2, 0.25) is 0 Å². The van der Waals surface area contributed by atoms with Crippen LogP contribution in [-0.4, -0.2) is 18.9 Å². The zero-order valence-corrected chi connectivity index (χ0v) is 12.3. The zero-order chi connectivity index (χ0) is 15.2. The van der Waals surface area contributed by atoms with Crippen LogP contribution in [-0.2, 0) is 6.42 Å². The molecule has 21 heavy (non-hydrogen) atoms. The van der Waals surface area contributed by atoms with Gasteiger partial charge >= 0.3 is 0 Å². The Kier molecular flexibility index (Phi) is 5.17. The van der Waals surface area contributed by atoms with Crippen molar-refractivity contribution in [3.63, 3.8) is 0 Å². The standard InChI is InChI=1S/C16H15ClFNO2/c1-21-14-4-2-3-13(18)15(14)16(20)19-12-7-5-11(6-8-12)9-10-17/h2-8H,9-10H2,1H3,(H,19,20). The topological polar surface area (TPSA) is 38.3 Å². The van der Waals surface area contributed by atoms with E-state index in [1.165, 1.54) is 19.2 Å². The minimum Gasteiger partial charge on any atom is -0.496 e. The summed E-state index contributed by atoms with van der Waals surface area (Å²) >= 11 is 5.67. The second-order valence-electron chi connectivity index (χ2n) is 4.41. The SMILES string of the molecule is COc1cccc(F)c1C(=O)Nc1ccc(CCCl)cc1. The summed E-state index contributed by atoms with van der Waals surface area (Å²) in [4.78, 5) is 12.2. The summed E-state index contributed by atoms with van der Waals surface area (Å²) in [6.07, 6.45) is 0.761. The quantitative estimate of drug-likeness (QED) is 0.852. The lowest BCUT2D eigenvalue weighted by Gasteiger charge is -2.10. The van der Waals surface area contributed by atoms with E-state index in [9.17, 15) is 9.18 Å². The van der Waals surface area contributed by atoms with Gasteiger partial charge < -0.3 is 10.1 Å². The summed E-state index contributed by atoms with van der Waals surface area (Å²) in [5.74, 6) is -0.426. The first kappa shape index (κ1) is 15.3. The van der Waals surface area contributed by atoms with E-state index in [4.69, 9.17) is 16.3 Å². The van der Waals surface area contributed by atoms with Gasteiger partial charge in [0, 0.05) is 11.6 Å². The van der Waals surface area contributed by atoms with Gasteiger partial charge in [-0.25, -0.2) is 4.39 Å². The smallest absolute Gasteiger partial charge is 0.262 e. The second kappa shape index (κ2) is 7.09. The van der Waals surface area contributed by atoms with Gasteiger partial charge in [0.1, 0.15) is 17.1 Å². The largest absolute Gasteiger partial charge is 0.496 e. The van der Waals surface area contributed by atoms with Gasteiger partial charge in [0.15, 0.2) is 0 Å². The van der Waals surface area contributed by atoms with Crippen LogP contribution in [0.3, 0.4) is 0 Å². The number of methoxy groups -OCH3 is 1. The first-order chi connectivity index (χ1) is 10.2. The number of nitrogens with one attached hydrogen (secondary N) is 1. The fourth-order valence-corrected chi connectivity index (χ4v) is 2.17. The number of hydrogen-bond acceptors (Lipinski definition) is 2. The molecule has 0 radical (unpaired) electrons. The van der Waals surface area contributed by atoms with Crippen LogP contribution in [0.15, 0.2) is 42.5 Å². The van der Waals surface area contributed by atoms with E-state index in [1.54, 1.807) is 18.2 Å². The molecule has 0 fully saturated rings. The third kappa shape index (κ3) is 3.73. The van der Waals surface area contributed by atoms with Crippen LogP contribution in [0, 0.1) is 5.82 Å². The Hall–Kier alpha value is -2.07. The highest BCUT2D eigenvalue weighted by molar-refractivity contribution is 6.18. The number of hydrogen-bond donors (Lipinski definition) is 1. The number of ether oxygens (including phenoxy) is 1. The van der Waals surface area contributed by atoms with E-state index in [2.05, 4.69) is 5.32 Å². The monoisotopic (exact) mass is 307 g/mol. The highest BCUT2D eigenvalue weighted by atomic mass is 35.5. The fourth-order valence-electron chi connectivity index (χ4n) is 1.95. The summed E-state index contributed by atoms with van der Waals surface area (Å²) in [5, 5.41) is 2.65. The van der Waals surface area contributed by atoms with E-state index in [1.807, 2.05) is 12.1 Å². The van der Waals surface area contributed by atoms with Crippen molar-refractivity contribution in [2.75, 3.05) is 18.3 Å². The second-order valence-corrected chi connectivity index (χ2v) is 4.79. The molecule has 0 aliphatic rings. The zero-order valence-electron chi connectivity index (χ0n) is 11.5. The maximum Gasteiger partial charge on any atom is 0.262 e. The van der Waals surface area contributed by atoms with Crippen molar-refractivity contribution in [2.45, 2.75) is 6.42 Å². The van der Waals surface area contributed by atoms with E-state index < -0.39 is 11.7 Å². The van der Waals surface area contributed by atoms with Gasteiger partial charge in [-0.1, -0.05) is 18.2 Å². The van der Waals surface area contributed by atoms with Crippen molar-refractivity contribution < 1.29 is 13.9 Å². The van der Waals surface area contributed by atoms with Crippen LogP contribution < -0.4 is 10.1 Å². The van der Waals surface area contributed by atoms with Gasteiger partial charge in [-0.2, -0.15) is 0 Å². The number of anilines is 1. The molecule has 0 saturated carbocycles. The molecule has 0 bridgehead atoms. The molecule has 0 aromatic heterocycles. The molecule has 1 N–H and O–H groups in total. The molecule has 1 amide bonds. The molecular weight excluding hydrogens is 293 g/mol. The Morgan fingerprint density at radius 3 is 2.57 bits per heavy atom. The summed E-state index contributed by atoms with van der Waals surface area (Å²) in [6, 6.07) is 11.5. The Balaban J connectivity index is 2.18. The van der Waals surface area contributed by atoms with Gasteiger partial charge in [-0.15, -0.1) is 11.6 Å². The number of benzene rings is 2.